The van der Waals surface area contributed by atoms with Crippen LogP contribution in [-0.4, -0.2) is 90.8 Å². The average Bonchev–Trinajstić information content (AvgIpc) is 3.85. The number of nitrogens with one attached hydrogen (secondary N) is 1. The summed E-state index contributed by atoms with van der Waals surface area (Å²) in [4.78, 5) is 35.5. The number of hydrogen-bond donors (Lipinski definition) is 1. The number of rotatable bonds is 19. The minimum absolute atomic E-state index is 0.0634. The molecule has 2 fully saturated rings. The zero-order valence-electron chi connectivity index (χ0n) is 25.7. The third kappa shape index (κ3) is 12.6. The normalized spacial score (nSPS) is 26.2. The van der Waals surface area contributed by atoms with Crippen LogP contribution >= 0.6 is 0 Å². The van der Waals surface area contributed by atoms with Crippen LogP contribution in [0.15, 0.2) is 0 Å². The fourth-order valence-electron chi connectivity index (χ4n) is 6.27. The summed E-state index contributed by atoms with van der Waals surface area (Å²) in [6, 6.07) is 0. The van der Waals surface area contributed by atoms with Crippen LogP contribution in [0.2, 0.25) is 0 Å². The second-order valence-electron chi connectivity index (χ2n) is 11.6. The molecule has 4 rings (SSSR count). The molecular formula is C33H47NO10. The Labute approximate surface area is 260 Å². The van der Waals surface area contributed by atoms with Crippen molar-refractivity contribution in [3.05, 3.63) is 0 Å². The molecule has 244 valence electrons. The first-order chi connectivity index (χ1) is 21.6. The lowest BCUT2D eigenvalue weighted by Gasteiger charge is -2.09. The van der Waals surface area contributed by atoms with Gasteiger partial charge in [0, 0.05) is 32.2 Å². The number of fused-ring (bicyclic) bond motifs is 2. The summed E-state index contributed by atoms with van der Waals surface area (Å²) in [5.41, 5.74) is 0. The first-order valence-electron chi connectivity index (χ1n) is 16.1. The van der Waals surface area contributed by atoms with Crippen LogP contribution in [0.25, 0.3) is 0 Å². The zero-order chi connectivity index (χ0) is 30.8. The Morgan fingerprint density at radius 1 is 0.545 bits per heavy atom. The Bertz CT molecular complexity index is 1010. The summed E-state index contributed by atoms with van der Waals surface area (Å²) in [5.74, 6) is 15.7. The Hall–Kier alpha value is -2.99. The maximum atomic E-state index is 11.9. The van der Waals surface area contributed by atoms with Crippen molar-refractivity contribution in [3.8, 4) is 23.7 Å². The predicted molar refractivity (Wildman–Crippen MR) is 158 cm³/mol. The van der Waals surface area contributed by atoms with Gasteiger partial charge >= 0.3 is 18.2 Å². The Morgan fingerprint density at radius 2 is 0.977 bits per heavy atom. The molecule has 1 N–H and O–H groups in total. The van der Waals surface area contributed by atoms with Crippen LogP contribution in [0.1, 0.15) is 57.8 Å². The van der Waals surface area contributed by atoms with E-state index < -0.39 is 18.2 Å². The number of carbonyl (C=O) groups excluding carboxylic acids is 3. The SMILES string of the molecule is O=C(CCNC(=O)OCC1[C@H]2CCC#CCC[C@@H]12)OCCOCCOCCOCCOC(=O)OCC1[C@H]2CCC#CCC[C@@H]12. The predicted octanol–water partition coefficient (Wildman–Crippen LogP) is 3.73. The van der Waals surface area contributed by atoms with Gasteiger partial charge in [-0.1, -0.05) is 0 Å². The van der Waals surface area contributed by atoms with E-state index in [1.165, 1.54) is 0 Å². The molecule has 2 saturated carbocycles. The van der Waals surface area contributed by atoms with Gasteiger partial charge in [-0.3, -0.25) is 4.79 Å². The van der Waals surface area contributed by atoms with E-state index in [0.29, 0.717) is 75.1 Å². The van der Waals surface area contributed by atoms with Gasteiger partial charge in [0.15, 0.2) is 0 Å². The zero-order valence-corrected chi connectivity index (χ0v) is 25.7. The number of amides is 1. The lowest BCUT2D eigenvalue weighted by Crippen LogP contribution is -2.28. The van der Waals surface area contributed by atoms with E-state index in [1.54, 1.807) is 0 Å². The van der Waals surface area contributed by atoms with Gasteiger partial charge in [0.1, 0.15) is 13.2 Å². The van der Waals surface area contributed by atoms with Gasteiger partial charge in [-0.2, -0.15) is 0 Å². The Kier molecular flexibility index (Phi) is 15.0. The summed E-state index contributed by atoms with van der Waals surface area (Å²) in [5, 5.41) is 2.60. The van der Waals surface area contributed by atoms with Crippen molar-refractivity contribution in [2.45, 2.75) is 57.8 Å². The molecule has 6 atom stereocenters. The molecule has 0 bridgehead atoms. The molecular weight excluding hydrogens is 570 g/mol. The first-order valence-corrected chi connectivity index (χ1v) is 16.1. The highest BCUT2D eigenvalue weighted by atomic mass is 16.7. The quantitative estimate of drug-likeness (QED) is 0.0991. The van der Waals surface area contributed by atoms with E-state index in [0.717, 1.165) is 51.4 Å². The molecule has 11 heteroatoms. The van der Waals surface area contributed by atoms with Crippen LogP contribution in [0.5, 0.6) is 0 Å². The van der Waals surface area contributed by atoms with E-state index in [9.17, 15) is 14.4 Å². The fraction of sp³-hybridized carbons (Fsp3) is 0.788. The summed E-state index contributed by atoms with van der Waals surface area (Å²) in [6.45, 7) is 3.23. The van der Waals surface area contributed by atoms with Gasteiger partial charge in [-0.05, 0) is 61.2 Å². The lowest BCUT2D eigenvalue weighted by molar-refractivity contribution is -0.145. The van der Waals surface area contributed by atoms with Crippen molar-refractivity contribution in [3.63, 3.8) is 0 Å². The van der Waals surface area contributed by atoms with Gasteiger partial charge in [0.2, 0.25) is 0 Å². The minimum Gasteiger partial charge on any atom is -0.463 e. The third-order valence-electron chi connectivity index (χ3n) is 8.76. The highest BCUT2D eigenvalue weighted by Gasteiger charge is 2.50. The molecule has 44 heavy (non-hydrogen) atoms. The maximum absolute atomic E-state index is 11.9. The van der Waals surface area contributed by atoms with Crippen molar-refractivity contribution >= 4 is 18.2 Å². The Morgan fingerprint density at radius 3 is 1.48 bits per heavy atom. The van der Waals surface area contributed by atoms with E-state index in [-0.39, 0.29) is 39.4 Å². The summed E-state index contributed by atoms with van der Waals surface area (Å²) in [6.07, 6.45) is 7.00. The standard InChI is InChI=1S/C33H47NO10/c35-31(13-14-34-32(36)43-23-29-25-9-5-1-2-6-10-26(25)29)41-21-19-39-17-15-38-16-18-40-20-22-42-33(37)44-24-30-27-11-7-3-4-8-12-28(27)30/h25-30H,5-24H2,(H,34,36)/t25-,26+,27-,28+,29?,30?. The van der Waals surface area contributed by atoms with E-state index >= 15 is 0 Å². The molecule has 0 spiro atoms. The number of hydrogen-bond acceptors (Lipinski definition) is 10. The van der Waals surface area contributed by atoms with E-state index in [2.05, 4.69) is 29.0 Å². The molecule has 11 nitrogen and oxygen atoms in total. The topological polar surface area (TPSA) is 128 Å². The molecule has 0 aromatic heterocycles. The summed E-state index contributed by atoms with van der Waals surface area (Å²) in [7, 11) is 0. The van der Waals surface area contributed by atoms with Gasteiger partial charge in [0.05, 0.1) is 59.3 Å². The Balaban J connectivity index is 0.845. The van der Waals surface area contributed by atoms with Crippen LogP contribution < -0.4 is 5.32 Å². The van der Waals surface area contributed by atoms with Gasteiger partial charge in [0.25, 0.3) is 0 Å². The largest absolute Gasteiger partial charge is 0.508 e. The summed E-state index contributed by atoms with van der Waals surface area (Å²) < 4.78 is 37.0. The molecule has 0 heterocycles. The first kappa shape index (κ1) is 33.9. The minimum atomic E-state index is -0.650. The second-order valence-corrected chi connectivity index (χ2v) is 11.6. The lowest BCUT2D eigenvalue weighted by atomic mass is 10.1. The molecule has 0 radical (unpaired) electrons. The highest BCUT2D eigenvalue weighted by Crippen LogP contribution is 2.53. The van der Waals surface area contributed by atoms with Crippen molar-refractivity contribution < 1.29 is 47.5 Å². The van der Waals surface area contributed by atoms with Gasteiger partial charge in [-0.15, -0.1) is 23.7 Å². The van der Waals surface area contributed by atoms with Crippen LogP contribution in [0, 0.1) is 59.2 Å². The van der Waals surface area contributed by atoms with Gasteiger partial charge in [-0.25, -0.2) is 9.59 Å². The number of esters is 1. The smallest absolute Gasteiger partial charge is 0.463 e. The van der Waals surface area contributed by atoms with Crippen molar-refractivity contribution in [1.29, 1.82) is 0 Å². The number of ether oxygens (including phenoxy) is 7. The molecule has 2 unspecified atom stereocenters. The van der Waals surface area contributed by atoms with Crippen molar-refractivity contribution in [1.82, 2.24) is 5.32 Å². The molecule has 0 aromatic rings. The third-order valence-corrected chi connectivity index (χ3v) is 8.76. The molecule has 4 aliphatic carbocycles. The van der Waals surface area contributed by atoms with E-state index in [1.807, 2.05) is 0 Å². The fourth-order valence-corrected chi connectivity index (χ4v) is 6.27. The van der Waals surface area contributed by atoms with Crippen molar-refractivity contribution in [2.75, 3.05) is 72.6 Å². The second kappa shape index (κ2) is 19.4. The summed E-state index contributed by atoms with van der Waals surface area (Å²) >= 11 is 0. The number of alkyl carbamates (subject to hydrolysis) is 1. The highest BCUT2D eigenvalue weighted by molar-refractivity contribution is 5.71. The van der Waals surface area contributed by atoms with Gasteiger partial charge < -0.3 is 38.5 Å². The van der Waals surface area contributed by atoms with Crippen LogP contribution in [0.4, 0.5) is 9.59 Å². The van der Waals surface area contributed by atoms with E-state index in [4.69, 9.17) is 33.2 Å². The molecule has 0 aliphatic heterocycles. The maximum Gasteiger partial charge on any atom is 0.508 e. The molecule has 1 amide bonds. The number of carbonyl (C=O) groups is 3. The molecule has 0 saturated heterocycles. The van der Waals surface area contributed by atoms with Crippen LogP contribution in [0.3, 0.4) is 0 Å². The molecule has 0 aromatic carbocycles. The average molecular weight is 618 g/mol. The monoisotopic (exact) mass is 617 g/mol. The van der Waals surface area contributed by atoms with Crippen LogP contribution in [-0.2, 0) is 38.0 Å². The molecule has 4 aliphatic rings. The van der Waals surface area contributed by atoms with Crippen molar-refractivity contribution in [2.24, 2.45) is 35.5 Å².